The van der Waals surface area contributed by atoms with Gasteiger partial charge in [-0.1, -0.05) is 18.2 Å². The third kappa shape index (κ3) is 6.12. The monoisotopic (exact) mass is 322 g/mol. The Kier molecular flexibility index (Phi) is 6.74. The van der Waals surface area contributed by atoms with E-state index in [0.717, 1.165) is 17.7 Å². The summed E-state index contributed by atoms with van der Waals surface area (Å²) in [7, 11) is 0. The second kappa shape index (κ2) is 8.79. The molecule has 1 aromatic rings. The number of ether oxygens (including phenoxy) is 3. The molecule has 5 heteroatoms. The van der Waals surface area contributed by atoms with E-state index >= 15 is 0 Å². The van der Waals surface area contributed by atoms with Crippen LogP contribution in [-0.4, -0.2) is 31.9 Å². The van der Waals surface area contributed by atoms with Gasteiger partial charge in [-0.25, -0.2) is 4.39 Å². The smallest absolute Gasteiger partial charge is 0.306 e. The first-order valence-corrected chi connectivity index (χ1v) is 7.95. The average Bonchev–Trinajstić information content (AvgIpc) is 3.35. The second-order valence-corrected chi connectivity index (χ2v) is 5.45. The van der Waals surface area contributed by atoms with Crippen LogP contribution in [0.5, 0.6) is 0 Å². The third-order valence-corrected chi connectivity index (χ3v) is 3.54. The fraction of sp³-hybridized carbons (Fsp3) is 0.500. The summed E-state index contributed by atoms with van der Waals surface area (Å²) in [5, 5.41) is 0. The second-order valence-electron chi connectivity index (χ2n) is 5.45. The topological polar surface area (TPSA) is 48.1 Å². The third-order valence-electron chi connectivity index (χ3n) is 3.54. The highest BCUT2D eigenvalue weighted by Gasteiger charge is 2.24. The highest BCUT2D eigenvalue weighted by Crippen LogP contribution is 2.25. The molecule has 0 N–H and O–H groups in total. The van der Waals surface area contributed by atoms with Gasteiger partial charge in [0.15, 0.2) is 0 Å². The summed E-state index contributed by atoms with van der Waals surface area (Å²) in [6.45, 7) is 5.32. The number of esters is 1. The number of epoxide rings is 1. The van der Waals surface area contributed by atoms with Gasteiger partial charge in [0.05, 0.1) is 25.9 Å². The zero-order chi connectivity index (χ0) is 16.7. The maximum absolute atomic E-state index is 13.5. The van der Waals surface area contributed by atoms with E-state index in [0.29, 0.717) is 26.1 Å². The lowest BCUT2D eigenvalue weighted by Crippen LogP contribution is -2.07. The molecule has 126 valence electrons. The molecule has 1 fully saturated rings. The van der Waals surface area contributed by atoms with Gasteiger partial charge in [-0.3, -0.25) is 4.79 Å². The van der Waals surface area contributed by atoms with E-state index in [1.807, 2.05) is 19.1 Å². The number of benzene rings is 1. The van der Waals surface area contributed by atoms with Crippen LogP contribution in [0.3, 0.4) is 0 Å². The standard InChI is InChI=1S/C18H23FO4/c1-3-21-18(20)7-5-4-6-14-8-9-15(19)10-17(14)13(2)22-11-16-12-23-16/h4,6,8-10,13,16H,3,5,7,11-12H2,1-2H3/b6-4+/t13-,16+/m1/s1. The molecule has 1 heterocycles. The first kappa shape index (κ1) is 17.6. The number of hydrogen-bond acceptors (Lipinski definition) is 4. The Labute approximate surface area is 136 Å². The van der Waals surface area contributed by atoms with Gasteiger partial charge in [-0.2, -0.15) is 0 Å². The van der Waals surface area contributed by atoms with Crippen LogP contribution in [0.25, 0.3) is 6.08 Å². The lowest BCUT2D eigenvalue weighted by molar-refractivity contribution is -0.142. The van der Waals surface area contributed by atoms with Crippen molar-refractivity contribution in [2.24, 2.45) is 0 Å². The molecule has 0 saturated carbocycles. The van der Waals surface area contributed by atoms with Gasteiger partial charge in [0, 0.05) is 6.42 Å². The zero-order valence-corrected chi connectivity index (χ0v) is 13.6. The summed E-state index contributed by atoms with van der Waals surface area (Å²) < 4.78 is 29.2. The van der Waals surface area contributed by atoms with E-state index in [1.54, 1.807) is 13.0 Å². The van der Waals surface area contributed by atoms with Gasteiger partial charge in [0.1, 0.15) is 11.9 Å². The summed E-state index contributed by atoms with van der Waals surface area (Å²) in [4.78, 5) is 11.3. The van der Waals surface area contributed by atoms with Gasteiger partial charge in [0.25, 0.3) is 0 Å². The van der Waals surface area contributed by atoms with Gasteiger partial charge in [-0.15, -0.1) is 0 Å². The molecule has 1 aromatic carbocycles. The molecule has 23 heavy (non-hydrogen) atoms. The average molecular weight is 322 g/mol. The molecule has 0 amide bonds. The highest BCUT2D eigenvalue weighted by molar-refractivity contribution is 5.69. The summed E-state index contributed by atoms with van der Waals surface area (Å²) in [6, 6.07) is 4.63. The summed E-state index contributed by atoms with van der Waals surface area (Å²) in [5.41, 5.74) is 1.68. The lowest BCUT2D eigenvalue weighted by Gasteiger charge is -2.15. The minimum absolute atomic E-state index is 0.176. The molecule has 4 nitrogen and oxygen atoms in total. The van der Waals surface area contributed by atoms with Crippen molar-refractivity contribution in [2.45, 2.75) is 38.9 Å². The predicted octanol–water partition coefficient (Wildman–Crippen LogP) is 3.66. The van der Waals surface area contributed by atoms with Crippen LogP contribution in [0.1, 0.15) is 43.9 Å². The maximum Gasteiger partial charge on any atom is 0.306 e. The summed E-state index contributed by atoms with van der Waals surface area (Å²) in [6.07, 6.45) is 4.66. The SMILES string of the molecule is CCOC(=O)CC/C=C/c1ccc(F)cc1[C@@H](C)OC[C@H]1CO1. The molecule has 0 radical (unpaired) electrons. The normalized spacial score (nSPS) is 18.1. The van der Waals surface area contributed by atoms with Gasteiger partial charge in [0.2, 0.25) is 0 Å². The maximum atomic E-state index is 13.5. The predicted molar refractivity (Wildman–Crippen MR) is 85.4 cm³/mol. The van der Waals surface area contributed by atoms with Crippen molar-refractivity contribution in [1.29, 1.82) is 0 Å². The van der Waals surface area contributed by atoms with E-state index in [4.69, 9.17) is 14.2 Å². The van der Waals surface area contributed by atoms with Crippen molar-refractivity contribution in [3.63, 3.8) is 0 Å². The number of allylic oxidation sites excluding steroid dienone is 1. The Morgan fingerprint density at radius 1 is 1.52 bits per heavy atom. The van der Waals surface area contributed by atoms with Crippen molar-refractivity contribution in [2.75, 3.05) is 19.8 Å². The minimum atomic E-state index is -0.290. The van der Waals surface area contributed by atoms with Crippen LogP contribution in [0.2, 0.25) is 0 Å². The quantitative estimate of drug-likeness (QED) is 0.514. The number of hydrogen-bond donors (Lipinski definition) is 0. The summed E-state index contributed by atoms with van der Waals surface area (Å²) in [5.74, 6) is -0.501. The highest BCUT2D eigenvalue weighted by atomic mass is 19.1. The van der Waals surface area contributed by atoms with Crippen molar-refractivity contribution in [3.05, 3.63) is 41.2 Å². The molecule has 2 rings (SSSR count). The Bertz CT molecular complexity index is 552. The zero-order valence-electron chi connectivity index (χ0n) is 13.6. The minimum Gasteiger partial charge on any atom is -0.466 e. The van der Waals surface area contributed by atoms with E-state index < -0.39 is 0 Å². The fourth-order valence-corrected chi connectivity index (χ4v) is 2.20. The van der Waals surface area contributed by atoms with E-state index in [2.05, 4.69) is 0 Å². The number of rotatable bonds is 9. The van der Waals surface area contributed by atoms with Crippen LogP contribution in [-0.2, 0) is 19.0 Å². The first-order chi connectivity index (χ1) is 11.1. The van der Waals surface area contributed by atoms with Crippen molar-refractivity contribution in [1.82, 2.24) is 0 Å². The van der Waals surface area contributed by atoms with Crippen molar-refractivity contribution in [3.8, 4) is 0 Å². The number of halogens is 1. The Hall–Kier alpha value is -1.72. The molecule has 0 spiro atoms. The molecule has 0 unspecified atom stereocenters. The first-order valence-electron chi connectivity index (χ1n) is 7.95. The Morgan fingerprint density at radius 2 is 2.30 bits per heavy atom. The van der Waals surface area contributed by atoms with Crippen LogP contribution in [0.4, 0.5) is 4.39 Å². The van der Waals surface area contributed by atoms with Gasteiger partial charge in [-0.05, 0) is 43.5 Å². The fourth-order valence-electron chi connectivity index (χ4n) is 2.20. The van der Waals surface area contributed by atoms with Crippen LogP contribution < -0.4 is 0 Å². The lowest BCUT2D eigenvalue weighted by atomic mass is 10.0. The molecule has 2 atom stereocenters. The van der Waals surface area contributed by atoms with E-state index in [1.165, 1.54) is 12.1 Å². The number of carbonyl (C=O) groups excluding carboxylic acids is 1. The molecule has 1 saturated heterocycles. The molecule has 0 bridgehead atoms. The molecular formula is C18H23FO4. The van der Waals surface area contributed by atoms with Gasteiger partial charge >= 0.3 is 5.97 Å². The van der Waals surface area contributed by atoms with Crippen molar-refractivity contribution >= 4 is 12.0 Å². The van der Waals surface area contributed by atoms with Crippen LogP contribution >= 0.6 is 0 Å². The Morgan fingerprint density at radius 3 is 3.00 bits per heavy atom. The van der Waals surface area contributed by atoms with E-state index in [9.17, 15) is 9.18 Å². The largest absolute Gasteiger partial charge is 0.466 e. The molecule has 1 aliphatic heterocycles. The molecule has 0 aliphatic carbocycles. The Balaban J connectivity index is 1.95. The summed E-state index contributed by atoms with van der Waals surface area (Å²) >= 11 is 0. The molecular weight excluding hydrogens is 299 g/mol. The van der Waals surface area contributed by atoms with E-state index in [-0.39, 0.29) is 24.0 Å². The van der Waals surface area contributed by atoms with Crippen molar-refractivity contribution < 1.29 is 23.4 Å². The van der Waals surface area contributed by atoms with Crippen LogP contribution in [0.15, 0.2) is 24.3 Å². The molecule has 0 aromatic heterocycles. The number of carbonyl (C=O) groups is 1. The van der Waals surface area contributed by atoms with Gasteiger partial charge < -0.3 is 14.2 Å². The molecule has 1 aliphatic rings. The van der Waals surface area contributed by atoms with Crippen LogP contribution in [0, 0.1) is 5.82 Å².